The van der Waals surface area contributed by atoms with E-state index in [4.69, 9.17) is 5.73 Å². The van der Waals surface area contributed by atoms with E-state index in [1.807, 2.05) is 36.9 Å². The molecule has 6 heteroatoms. The average molecular weight is 228 g/mol. The van der Waals surface area contributed by atoms with E-state index >= 15 is 0 Å². The van der Waals surface area contributed by atoms with Crippen molar-refractivity contribution in [2.24, 2.45) is 0 Å². The van der Waals surface area contributed by atoms with Gasteiger partial charge in [-0.3, -0.25) is 0 Å². The summed E-state index contributed by atoms with van der Waals surface area (Å²) in [6.07, 6.45) is 5.60. The highest BCUT2D eigenvalue weighted by Crippen LogP contribution is 2.17. The van der Waals surface area contributed by atoms with E-state index in [2.05, 4.69) is 15.1 Å². The normalized spacial score (nSPS) is 11.2. The van der Waals surface area contributed by atoms with Crippen molar-refractivity contribution in [1.82, 2.24) is 24.1 Å². The van der Waals surface area contributed by atoms with Gasteiger partial charge in [0.2, 0.25) is 5.95 Å². The largest absolute Gasteiger partial charge is 0.366 e. The predicted molar refractivity (Wildman–Crippen MR) is 64.0 cm³/mol. The Balaban J connectivity index is 2.29. The summed E-state index contributed by atoms with van der Waals surface area (Å²) in [4.78, 5) is 8.34. The van der Waals surface area contributed by atoms with Gasteiger partial charge in [-0.25, -0.2) is 9.50 Å². The van der Waals surface area contributed by atoms with Gasteiger partial charge in [0.15, 0.2) is 5.65 Å². The monoisotopic (exact) mass is 228 g/mol. The van der Waals surface area contributed by atoms with Gasteiger partial charge >= 0.3 is 0 Å². The van der Waals surface area contributed by atoms with Crippen LogP contribution in [0.3, 0.4) is 0 Å². The van der Waals surface area contributed by atoms with Crippen LogP contribution in [0.1, 0.15) is 11.4 Å². The fraction of sp³-hybridized carbons (Fsp3) is 0.182. The summed E-state index contributed by atoms with van der Waals surface area (Å²) in [5, 5.41) is 4.10. The first-order chi connectivity index (χ1) is 8.15. The molecule has 3 rings (SSSR count). The summed E-state index contributed by atoms with van der Waals surface area (Å²) in [5.74, 6) is 1.21. The second kappa shape index (κ2) is 3.31. The Morgan fingerprint density at radius 3 is 2.82 bits per heavy atom. The molecule has 0 bridgehead atoms. The summed E-state index contributed by atoms with van der Waals surface area (Å²) in [6.45, 7) is 3.99. The number of rotatable bonds is 1. The number of nitrogen functional groups attached to an aromatic ring is 1. The van der Waals surface area contributed by atoms with Crippen molar-refractivity contribution in [1.29, 1.82) is 0 Å². The van der Waals surface area contributed by atoms with E-state index in [1.54, 1.807) is 10.7 Å². The molecule has 0 atom stereocenters. The standard InChI is InChI=1S/C11H12N6/c1-7-5-10-14-11(12)15-17(10)6-9(7)16-4-3-13-8(16)2/h3-6H,1-2H3,(H2,12,15). The maximum atomic E-state index is 5.58. The third-order valence-electron chi connectivity index (χ3n) is 2.75. The zero-order valence-electron chi connectivity index (χ0n) is 9.62. The molecule has 0 spiro atoms. The van der Waals surface area contributed by atoms with Gasteiger partial charge in [-0.05, 0) is 25.5 Å². The Morgan fingerprint density at radius 2 is 2.12 bits per heavy atom. The van der Waals surface area contributed by atoms with E-state index in [-0.39, 0.29) is 5.95 Å². The summed E-state index contributed by atoms with van der Waals surface area (Å²) in [5.41, 5.74) is 8.46. The van der Waals surface area contributed by atoms with Crippen molar-refractivity contribution in [3.8, 4) is 5.69 Å². The van der Waals surface area contributed by atoms with Gasteiger partial charge < -0.3 is 10.3 Å². The lowest BCUT2D eigenvalue weighted by Gasteiger charge is -2.08. The summed E-state index contributed by atoms with van der Waals surface area (Å²) in [7, 11) is 0. The lowest BCUT2D eigenvalue weighted by Crippen LogP contribution is -2.01. The van der Waals surface area contributed by atoms with Gasteiger partial charge in [0.1, 0.15) is 5.82 Å². The highest BCUT2D eigenvalue weighted by atomic mass is 15.3. The molecule has 0 saturated heterocycles. The number of hydrogen-bond donors (Lipinski definition) is 1. The lowest BCUT2D eigenvalue weighted by molar-refractivity contribution is 0.906. The smallest absolute Gasteiger partial charge is 0.240 e. The molecular formula is C11H12N6. The van der Waals surface area contributed by atoms with Crippen molar-refractivity contribution < 1.29 is 0 Å². The molecule has 0 fully saturated rings. The number of pyridine rings is 1. The zero-order chi connectivity index (χ0) is 12.0. The first-order valence-corrected chi connectivity index (χ1v) is 5.28. The first kappa shape index (κ1) is 9.83. The Bertz CT molecular complexity index is 693. The van der Waals surface area contributed by atoms with Crippen molar-refractivity contribution in [3.05, 3.63) is 36.0 Å². The maximum Gasteiger partial charge on any atom is 0.240 e. The molecule has 0 aliphatic rings. The van der Waals surface area contributed by atoms with E-state index in [0.29, 0.717) is 0 Å². The van der Waals surface area contributed by atoms with Gasteiger partial charge in [-0.15, -0.1) is 5.10 Å². The van der Waals surface area contributed by atoms with Crippen LogP contribution in [0, 0.1) is 13.8 Å². The topological polar surface area (TPSA) is 74.0 Å². The third kappa shape index (κ3) is 1.45. The predicted octanol–water partition coefficient (Wildman–Crippen LogP) is 1.11. The second-order valence-corrected chi connectivity index (χ2v) is 3.96. The highest BCUT2D eigenvalue weighted by Gasteiger charge is 2.08. The Morgan fingerprint density at radius 1 is 1.29 bits per heavy atom. The number of imidazole rings is 1. The number of aromatic nitrogens is 5. The molecular weight excluding hydrogens is 216 g/mol. The maximum absolute atomic E-state index is 5.58. The SMILES string of the molecule is Cc1cc2nc(N)nn2cc1-n1ccnc1C. The molecule has 0 aliphatic heterocycles. The van der Waals surface area contributed by atoms with Gasteiger partial charge in [0.05, 0.1) is 11.9 Å². The van der Waals surface area contributed by atoms with Crippen molar-refractivity contribution in [3.63, 3.8) is 0 Å². The van der Waals surface area contributed by atoms with Crippen molar-refractivity contribution in [2.45, 2.75) is 13.8 Å². The minimum Gasteiger partial charge on any atom is -0.366 e. The lowest BCUT2D eigenvalue weighted by atomic mass is 10.2. The van der Waals surface area contributed by atoms with Crippen LogP contribution >= 0.6 is 0 Å². The van der Waals surface area contributed by atoms with Crippen LogP contribution in [0.2, 0.25) is 0 Å². The molecule has 3 heterocycles. The summed E-state index contributed by atoms with van der Waals surface area (Å²) < 4.78 is 3.68. The number of nitrogens with zero attached hydrogens (tertiary/aromatic N) is 5. The molecule has 86 valence electrons. The molecule has 3 aromatic rings. The molecule has 0 amide bonds. The van der Waals surface area contributed by atoms with E-state index in [0.717, 1.165) is 22.7 Å². The van der Waals surface area contributed by atoms with Gasteiger partial charge in [0.25, 0.3) is 0 Å². The minimum atomic E-state index is 0.281. The van der Waals surface area contributed by atoms with Crippen LogP contribution in [0.5, 0.6) is 0 Å². The molecule has 17 heavy (non-hydrogen) atoms. The summed E-state index contributed by atoms with van der Waals surface area (Å²) >= 11 is 0. The van der Waals surface area contributed by atoms with E-state index in [1.165, 1.54) is 0 Å². The van der Waals surface area contributed by atoms with E-state index in [9.17, 15) is 0 Å². The molecule has 0 saturated carbocycles. The Hall–Kier alpha value is -2.37. The van der Waals surface area contributed by atoms with Crippen LogP contribution in [0.15, 0.2) is 24.7 Å². The molecule has 0 aliphatic carbocycles. The number of aryl methyl sites for hydroxylation is 2. The van der Waals surface area contributed by atoms with Gasteiger partial charge in [-0.2, -0.15) is 4.98 Å². The summed E-state index contributed by atoms with van der Waals surface area (Å²) in [6, 6.07) is 1.96. The second-order valence-electron chi connectivity index (χ2n) is 3.96. The fourth-order valence-electron chi connectivity index (χ4n) is 1.92. The van der Waals surface area contributed by atoms with Gasteiger partial charge in [-0.1, -0.05) is 0 Å². The van der Waals surface area contributed by atoms with Crippen molar-refractivity contribution in [2.75, 3.05) is 5.73 Å². The van der Waals surface area contributed by atoms with Crippen LogP contribution in [-0.4, -0.2) is 24.1 Å². The fourth-order valence-corrected chi connectivity index (χ4v) is 1.92. The van der Waals surface area contributed by atoms with E-state index < -0.39 is 0 Å². The quantitative estimate of drug-likeness (QED) is 0.677. The minimum absolute atomic E-state index is 0.281. The molecule has 0 unspecified atom stereocenters. The highest BCUT2D eigenvalue weighted by molar-refractivity contribution is 5.51. The third-order valence-corrected chi connectivity index (χ3v) is 2.75. The van der Waals surface area contributed by atoms with Crippen molar-refractivity contribution >= 4 is 11.6 Å². The van der Waals surface area contributed by atoms with Crippen LogP contribution in [0.4, 0.5) is 5.95 Å². The number of nitrogens with two attached hydrogens (primary N) is 1. The molecule has 0 radical (unpaired) electrons. The number of hydrogen-bond acceptors (Lipinski definition) is 4. The number of anilines is 1. The van der Waals surface area contributed by atoms with Crippen LogP contribution < -0.4 is 5.73 Å². The Kier molecular flexibility index (Phi) is 1.91. The van der Waals surface area contributed by atoms with Gasteiger partial charge in [0, 0.05) is 12.4 Å². The molecule has 3 aromatic heterocycles. The molecule has 6 nitrogen and oxygen atoms in total. The van der Waals surface area contributed by atoms with Crippen LogP contribution in [0.25, 0.3) is 11.3 Å². The molecule has 2 N–H and O–H groups in total. The molecule has 0 aromatic carbocycles. The Labute approximate surface area is 97.7 Å². The van der Waals surface area contributed by atoms with Crippen LogP contribution in [-0.2, 0) is 0 Å². The number of fused-ring (bicyclic) bond motifs is 1. The zero-order valence-corrected chi connectivity index (χ0v) is 9.62. The average Bonchev–Trinajstić information content (AvgIpc) is 2.82. The first-order valence-electron chi connectivity index (χ1n) is 5.28.